The normalized spacial score (nSPS) is 13.5. The van der Waals surface area contributed by atoms with Crippen LogP contribution in [0.2, 0.25) is 4.34 Å². The highest BCUT2D eigenvalue weighted by Gasteiger charge is 2.06. The lowest BCUT2D eigenvalue weighted by Crippen LogP contribution is -2.34. The maximum absolute atomic E-state index is 5.87. The first-order valence-corrected chi connectivity index (χ1v) is 5.99. The van der Waals surface area contributed by atoms with Gasteiger partial charge in [-0.05, 0) is 25.6 Å². The van der Waals surface area contributed by atoms with E-state index in [2.05, 4.69) is 24.9 Å². The van der Waals surface area contributed by atoms with Gasteiger partial charge in [0.1, 0.15) is 0 Å². The van der Waals surface area contributed by atoms with Crippen LogP contribution in [0.15, 0.2) is 12.1 Å². The van der Waals surface area contributed by atoms with Crippen LogP contribution in [0.1, 0.15) is 18.2 Å². The van der Waals surface area contributed by atoms with Crippen molar-refractivity contribution in [3.05, 3.63) is 21.3 Å². The van der Waals surface area contributed by atoms with Gasteiger partial charge in [-0.15, -0.1) is 11.3 Å². The largest absolute Gasteiger partial charge is 0.327 e. The molecule has 14 heavy (non-hydrogen) atoms. The summed E-state index contributed by atoms with van der Waals surface area (Å²) in [6, 6.07) is 4.28. The molecule has 0 saturated carbocycles. The molecule has 1 heterocycles. The molecule has 0 aliphatic carbocycles. The zero-order chi connectivity index (χ0) is 10.6. The van der Waals surface area contributed by atoms with E-state index >= 15 is 0 Å². The maximum atomic E-state index is 5.87. The van der Waals surface area contributed by atoms with Crippen molar-refractivity contribution in [1.29, 1.82) is 0 Å². The molecule has 0 amide bonds. The van der Waals surface area contributed by atoms with Crippen LogP contribution in [0.5, 0.6) is 0 Å². The number of hydrogen-bond donors (Lipinski definition) is 1. The van der Waals surface area contributed by atoms with Gasteiger partial charge in [0.25, 0.3) is 0 Å². The summed E-state index contributed by atoms with van der Waals surface area (Å²) in [5, 5.41) is 0. The molecule has 80 valence electrons. The zero-order valence-electron chi connectivity index (χ0n) is 8.66. The highest BCUT2D eigenvalue weighted by Crippen LogP contribution is 2.22. The van der Waals surface area contributed by atoms with Crippen molar-refractivity contribution in [1.82, 2.24) is 4.90 Å². The summed E-state index contributed by atoms with van der Waals surface area (Å²) in [6.45, 7) is 3.98. The Hall–Kier alpha value is -0.0900. The van der Waals surface area contributed by atoms with Crippen molar-refractivity contribution < 1.29 is 0 Å². The second-order valence-corrected chi connectivity index (χ2v) is 5.37. The Morgan fingerprint density at radius 1 is 1.57 bits per heavy atom. The average Bonchev–Trinajstić information content (AvgIpc) is 2.50. The van der Waals surface area contributed by atoms with Crippen molar-refractivity contribution in [2.24, 2.45) is 5.73 Å². The lowest BCUT2D eigenvalue weighted by molar-refractivity contribution is 0.303. The van der Waals surface area contributed by atoms with E-state index in [1.165, 1.54) is 4.88 Å². The van der Waals surface area contributed by atoms with Crippen LogP contribution in [-0.2, 0) is 6.54 Å². The van der Waals surface area contributed by atoms with Gasteiger partial charge in [-0.1, -0.05) is 18.5 Å². The lowest BCUT2D eigenvalue weighted by atomic mass is 10.2. The lowest BCUT2D eigenvalue weighted by Gasteiger charge is -2.19. The predicted molar refractivity (Wildman–Crippen MR) is 63.9 cm³/mol. The number of hydrogen-bond acceptors (Lipinski definition) is 3. The van der Waals surface area contributed by atoms with E-state index in [0.717, 1.165) is 23.8 Å². The molecule has 4 heteroatoms. The summed E-state index contributed by atoms with van der Waals surface area (Å²) < 4.78 is 0.855. The van der Waals surface area contributed by atoms with Crippen LogP contribution >= 0.6 is 22.9 Å². The fourth-order valence-electron chi connectivity index (χ4n) is 1.30. The Morgan fingerprint density at radius 2 is 2.29 bits per heavy atom. The molecule has 0 aliphatic heterocycles. The fraction of sp³-hybridized carbons (Fsp3) is 0.600. The van der Waals surface area contributed by atoms with Crippen LogP contribution in [0.4, 0.5) is 0 Å². The Kier molecular flexibility index (Phi) is 4.89. The molecule has 0 radical (unpaired) electrons. The first-order chi connectivity index (χ1) is 6.61. The molecule has 0 fully saturated rings. The maximum Gasteiger partial charge on any atom is 0.0931 e. The number of nitrogens with two attached hydrogens (primary N) is 1. The van der Waals surface area contributed by atoms with Crippen LogP contribution < -0.4 is 5.73 Å². The summed E-state index contributed by atoms with van der Waals surface area (Å²) >= 11 is 7.49. The highest BCUT2D eigenvalue weighted by atomic mass is 35.5. The zero-order valence-corrected chi connectivity index (χ0v) is 10.2. The van der Waals surface area contributed by atoms with Gasteiger partial charge < -0.3 is 5.73 Å². The van der Waals surface area contributed by atoms with Crippen molar-refractivity contribution in [3.63, 3.8) is 0 Å². The fourth-order valence-corrected chi connectivity index (χ4v) is 2.46. The van der Waals surface area contributed by atoms with Gasteiger partial charge in [0.05, 0.1) is 4.34 Å². The molecule has 0 saturated heterocycles. The Balaban J connectivity index is 2.37. The molecule has 1 aromatic rings. The van der Waals surface area contributed by atoms with Crippen molar-refractivity contribution in [2.75, 3.05) is 13.6 Å². The van der Waals surface area contributed by atoms with Gasteiger partial charge >= 0.3 is 0 Å². The van der Waals surface area contributed by atoms with Crippen molar-refractivity contribution in [2.45, 2.75) is 25.9 Å². The first-order valence-electron chi connectivity index (χ1n) is 4.80. The van der Waals surface area contributed by atoms with Gasteiger partial charge in [-0.25, -0.2) is 0 Å². The summed E-state index contributed by atoms with van der Waals surface area (Å²) in [5.74, 6) is 0. The number of nitrogens with zero attached hydrogens (tertiary/aromatic N) is 1. The van der Waals surface area contributed by atoms with E-state index in [1.54, 1.807) is 11.3 Å². The minimum Gasteiger partial charge on any atom is -0.327 e. The van der Waals surface area contributed by atoms with Gasteiger partial charge in [0.15, 0.2) is 0 Å². The summed E-state index contributed by atoms with van der Waals surface area (Å²) in [6.07, 6.45) is 1.02. The van der Waals surface area contributed by atoms with Crippen LogP contribution in [0, 0.1) is 0 Å². The molecule has 1 atom stereocenters. The summed E-state index contributed by atoms with van der Waals surface area (Å²) in [5.41, 5.74) is 5.87. The summed E-state index contributed by atoms with van der Waals surface area (Å²) in [7, 11) is 2.09. The van der Waals surface area contributed by atoms with Gasteiger partial charge in [-0.3, -0.25) is 4.90 Å². The minimum atomic E-state index is 0.274. The number of likely N-dealkylation sites (N-methyl/N-ethyl adjacent to an activating group) is 1. The standard InChI is InChI=1S/C10H17ClN2S/c1-3-8(12)6-13(2)7-9-4-5-10(11)14-9/h4-5,8H,3,6-7,12H2,1-2H3. The number of thiophene rings is 1. The molecule has 0 aromatic carbocycles. The predicted octanol–water partition coefficient (Wildman–Crippen LogP) is 2.57. The Bertz CT molecular complexity index is 275. The van der Waals surface area contributed by atoms with Gasteiger partial charge in [-0.2, -0.15) is 0 Å². The molecule has 1 unspecified atom stereocenters. The van der Waals surface area contributed by atoms with Gasteiger partial charge in [0.2, 0.25) is 0 Å². The SMILES string of the molecule is CCC(N)CN(C)Cc1ccc(Cl)s1. The smallest absolute Gasteiger partial charge is 0.0931 e. The van der Waals surface area contributed by atoms with E-state index in [4.69, 9.17) is 17.3 Å². The van der Waals surface area contributed by atoms with Gasteiger partial charge in [0, 0.05) is 24.0 Å². The second-order valence-electron chi connectivity index (χ2n) is 3.57. The molecular weight excluding hydrogens is 216 g/mol. The number of rotatable bonds is 5. The average molecular weight is 233 g/mol. The van der Waals surface area contributed by atoms with Crippen LogP contribution in [-0.4, -0.2) is 24.5 Å². The Labute approximate surface area is 94.7 Å². The molecule has 0 bridgehead atoms. The minimum absolute atomic E-state index is 0.274. The van der Waals surface area contributed by atoms with E-state index in [9.17, 15) is 0 Å². The highest BCUT2D eigenvalue weighted by molar-refractivity contribution is 7.16. The Morgan fingerprint density at radius 3 is 2.79 bits per heavy atom. The molecule has 0 aliphatic rings. The summed E-state index contributed by atoms with van der Waals surface area (Å²) in [4.78, 5) is 3.52. The third-order valence-corrected chi connectivity index (χ3v) is 3.34. The third kappa shape index (κ3) is 3.96. The molecule has 2 N–H and O–H groups in total. The quantitative estimate of drug-likeness (QED) is 0.846. The van der Waals surface area contributed by atoms with E-state index in [0.29, 0.717) is 0 Å². The molecule has 1 aromatic heterocycles. The first kappa shape index (κ1) is 12.0. The van der Waals surface area contributed by atoms with Crippen molar-refractivity contribution in [3.8, 4) is 0 Å². The van der Waals surface area contributed by atoms with Crippen molar-refractivity contribution >= 4 is 22.9 Å². The van der Waals surface area contributed by atoms with Crippen LogP contribution in [0.3, 0.4) is 0 Å². The van der Waals surface area contributed by atoms with E-state index in [-0.39, 0.29) is 6.04 Å². The molecular formula is C10H17ClN2S. The third-order valence-electron chi connectivity index (χ3n) is 2.13. The number of halogens is 1. The monoisotopic (exact) mass is 232 g/mol. The molecule has 0 spiro atoms. The topological polar surface area (TPSA) is 29.3 Å². The molecule has 1 rings (SSSR count). The van der Waals surface area contributed by atoms with E-state index in [1.807, 2.05) is 6.07 Å². The molecule has 2 nitrogen and oxygen atoms in total. The second kappa shape index (κ2) is 5.71. The van der Waals surface area contributed by atoms with E-state index < -0.39 is 0 Å². The van der Waals surface area contributed by atoms with Crippen LogP contribution in [0.25, 0.3) is 0 Å².